The monoisotopic (exact) mass is 400 g/mol. The largest absolute Gasteiger partial charge is 0.366 e. The second kappa shape index (κ2) is 9.29. The maximum Gasteiger partial charge on any atom is 0.280 e. The van der Waals surface area contributed by atoms with Crippen molar-refractivity contribution in [2.75, 3.05) is 12.4 Å². The van der Waals surface area contributed by atoms with Crippen molar-refractivity contribution in [1.29, 1.82) is 0 Å². The highest BCUT2D eigenvalue weighted by atomic mass is 16.2. The minimum Gasteiger partial charge on any atom is -0.366 e. The highest BCUT2D eigenvalue weighted by Gasteiger charge is 2.19. The molecule has 0 fully saturated rings. The molecule has 3 amide bonds. The summed E-state index contributed by atoms with van der Waals surface area (Å²) in [7, 11) is 1.53. The van der Waals surface area contributed by atoms with E-state index in [0.29, 0.717) is 22.4 Å². The van der Waals surface area contributed by atoms with Gasteiger partial charge in [0.1, 0.15) is 0 Å². The molecule has 0 heterocycles. The van der Waals surface area contributed by atoms with Crippen molar-refractivity contribution in [3.05, 3.63) is 102 Å². The molecule has 0 saturated carbocycles. The molecule has 3 N–H and O–H groups in total. The maximum absolute atomic E-state index is 12.9. The molecule has 0 spiro atoms. The molecule has 0 aliphatic heterocycles. The fourth-order valence-electron chi connectivity index (χ4n) is 2.65. The van der Waals surface area contributed by atoms with Gasteiger partial charge >= 0.3 is 0 Å². The fraction of sp³-hybridized carbons (Fsp3) is 0.0435. The van der Waals surface area contributed by atoms with Gasteiger partial charge < -0.3 is 11.1 Å². The summed E-state index contributed by atoms with van der Waals surface area (Å²) >= 11 is 0. The Morgan fingerprint density at radius 1 is 0.767 bits per heavy atom. The van der Waals surface area contributed by atoms with Crippen molar-refractivity contribution in [3.8, 4) is 0 Å². The van der Waals surface area contributed by atoms with E-state index < -0.39 is 11.8 Å². The molecule has 7 heteroatoms. The molecule has 0 aliphatic carbocycles. The molecule has 3 aromatic rings. The van der Waals surface area contributed by atoms with Crippen LogP contribution in [0.2, 0.25) is 0 Å². The number of anilines is 1. The molecular weight excluding hydrogens is 380 g/mol. The first-order chi connectivity index (χ1) is 14.5. The molecule has 0 aromatic heterocycles. The van der Waals surface area contributed by atoms with Gasteiger partial charge in [-0.1, -0.05) is 36.4 Å². The number of nitrogens with zero attached hydrogens (tertiary/aromatic N) is 2. The Labute approximate surface area is 173 Å². The number of amides is 3. The van der Waals surface area contributed by atoms with Crippen LogP contribution in [0.3, 0.4) is 0 Å². The SMILES string of the molecule is CN(C(=O)c1ccccc1)/C(=N/C(=O)c1ccccc1)Nc1ccc(C(N)=O)cc1. The molecule has 7 nitrogen and oxygen atoms in total. The van der Waals surface area contributed by atoms with Crippen molar-refractivity contribution in [2.45, 2.75) is 0 Å². The van der Waals surface area contributed by atoms with E-state index in [0.717, 1.165) is 0 Å². The second-order valence-corrected chi connectivity index (χ2v) is 6.40. The Morgan fingerprint density at radius 2 is 1.30 bits per heavy atom. The van der Waals surface area contributed by atoms with Gasteiger partial charge in [0.25, 0.3) is 11.8 Å². The molecule has 0 aliphatic rings. The summed E-state index contributed by atoms with van der Waals surface area (Å²) in [4.78, 5) is 42.2. The van der Waals surface area contributed by atoms with Crippen LogP contribution in [0.15, 0.2) is 89.9 Å². The minimum absolute atomic E-state index is 0.0459. The predicted molar refractivity (Wildman–Crippen MR) is 115 cm³/mol. The molecule has 0 saturated heterocycles. The van der Waals surface area contributed by atoms with Gasteiger partial charge in [-0.3, -0.25) is 19.3 Å². The van der Waals surface area contributed by atoms with E-state index in [4.69, 9.17) is 5.73 Å². The highest BCUT2D eigenvalue weighted by Crippen LogP contribution is 2.12. The summed E-state index contributed by atoms with van der Waals surface area (Å²) in [5, 5.41) is 2.98. The number of hydrogen-bond donors (Lipinski definition) is 2. The van der Waals surface area contributed by atoms with Gasteiger partial charge in [0.15, 0.2) is 0 Å². The van der Waals surface area contributed by atoms with Crippen molar-refractivity contribution < 1.29 is 14.4 Å². The Morgan fingerprint density at radius 3 is 1.83 bits per heavy atom. The highest BCUT2D eigenvalue weighted by molar-refractivity contribution is 6.14. The van der Waals surface area contributed by atoms with Gasteiger partial charge in [0.2, 0.25) is 11.9 Å². The van der Waals surface area contributed by atoms with Gasteiger partial charge in [-0.25, -0.2) is 0 Å². The van der Waals surface area contributed by atoms with Gasteiger partial charge in [-0.05, 0) is 48.5 Å². The van der Waals surface area contributed by atoms with Crippen LogP contribution in [0, 0.1) is 0 Å². The standard InChI is InChI=1S/C23H20N4O3/c1-27(22(30)18-10-6-3-7-11-18)23(26-21(29)17-8-4-2-5-9-17)25-19-14-12-16(13-15-19)20(24)28/h2-15H,1H3,(H2,24,28)(H,25,26,29). The fourth-order valence-corrected chi connectivity index (χ4v) is 2.65. The van der Waals surface area contributed by atoms with E-state index in [1.807, 2.05) is 6.07 Å². The summed E-state index contributed by atoms with van der Waals surface area (Å²) in [6.07, 6.45) is 0. The summed E-state index contributed by atoms with van der Waals surface area (Å²) in [5.41, 5.74) is 6.98. The summed E-state index contributed by atoms with van der Waals surface area (Å²) in [6, 6.07) is 23.5. The average molecular weight is 400 g/mol. The van der Waals surface area contributed by atoms with Gasteiger partial charge in [-0.2, -0.15) is 4.99 Å². The van der Waals surface area contributed by atoms with E-state index in [1.165, 1.54) is 11.9 Å². The van der Waals surface area contributed by atoms with Crippen LogP contribution < -0.4 is 11.1 Å². The summed E-state index contributed by atoms with van der Waals surface area (Å²) in [5.74, 6) is -1.34. The first-order valence-corrected chi connectivity index (χ1v) is 9.14. The molecule has 0 atom stereocenters. The van der Waals surface area contributed by atoms with Crippen molar-refractivity contribution in [3.63, 3.8) is 0 Å². The molecule has 0 bridgehead atoms. The third kappa shape index (κ3) is 4.96. The number of nitrogens with one attached hydrogen (secondary N) is 1. The number of guanidine groups is 1. The average Bonchev–Trinajstić information content (AvgIpc) is 2.79. The summed E-state index contributed by atoms with van der Waals surface area (Å²) in [6.45, 7) is 0. The smallest absolute Gasteiger partial charge is 0.280 e. The van der Waals surface area contributed by atoms with E-state index in [1.54, 1.807) is 78.9 Å². The topological polar surface area (TPSA) is 105 Å². The molecule has 150 valence electrons. The lowest BCUT2D eigenvalue weighted by molar-refractivity contribution is 0.0869. The molecule has 3 aromatic carbocycles. The van der Waals surface area contributed by atoms with Crippen LogP contribution in [-0.4, -0.2) is 35.6 Å². The number of hydrogen-bond acceptors (Lipinski definition) is 3. The van der Waals surface area contributed by atoms with Crippen LogP contribution in [-0.2, 0) is 0 Å². The van der Waals surface area contributed by atoms with Crippen LogP contribution >= 0.6 is 0 Å². The lowest BCUT2D eigenvalue weighted by Crippen LogP contribution is -2.38. The first kappa shape index (κ1) is 20.5. The number of primary amides is 1. The molecule has 30 heavy (non-hydrogen) atoms. The normalized spacial score (nSPS) is 10.9. The molecule has 0 radical (unpaired) electrons. The van der Waals surface area contributed by atoms with Crippen LogP contribution in [0.25, 0.3) is 0 Å². The number of benzene rings is 3. The first-order valence-electron chi connectivity index (χ1n) is 9.14. The number of carbonyl (C=O) groups excluding carboxylic acids is 3. The second-order valence-electron chi connectivity index (χ2n) is 6.40. The lowest BCUT2D eigenvalue weighted by Gasteiger charge is -2.20. The Balaban J connectivity index is 1.93. The zero-order valence-electron chi connectivity index (χ0n) is 16.3. The van der Waals surface area contributed by atoms with Crippen molar-refractivity contribution in [2.24, 2.45) is 10.7 Å². The number of rotatable bonds is 4. The minimum atomic E-state index is -0.550. The van der Waals surface area contributed by atoms with Crippen molar-refractivity contribution in [1.82, 2.24) is 4.90 Å². The van der Waals surface area contributed by atoms with Crippen LogP contribution in [0.4, 0.5) is 5.69 Å². The number of aliphatic imine (C=N–C) groups is 1. The number of nitrogens with two attached hydrogens (primary N) is 1. The predicted octanol–water partition coefficient (Wildman–Crippen LogP) is 3.17. The third-order valence-corrected chi connectivity index (χ3v) is 4.30. The zero-order valence-corrected chi connectivity index (χ0v) is 16.3. The Bertz CT molecular complexity index is 1080. The maximum atomic E-state index is 12.9. The van der Waals surface area contributed by atoms with Gasteiger partial charge in [-0.15, -0.1) is 0 Å². The third-order valence-electron chi connectivity index (χ3n) is 4.30. The molecule has 3 rings (SSSR count). The summed E-state index contributed by atoms with van der Waals surface area (Å²) < 4.78 is 0. The van der Waals surface area contributed by atoms with Gasteiger partial charge in [0.05, 0.1) is 0 Å². The van der Waals surface area contributed by atoms with Gasteiger partial charge in [0, 0.05) is 29.4 Å². The van der Waals surface area contributed by atoms with Crippen molar-refractivity contribution >= 4 is 29.4 Å². The lowest BCUT2D eigenvalue weighted by atomic mass is 10.2. The Kier molecular flexibility index (Phi) is 6.34. The number of carbonyl (C=O) groups is 3. The van der Waals surface area contributed by atoms with E-state index in [-0.39, 0.29) is 11.9 Å². The van der Waals surface area contributed by atoms with Crippen LogP contribution in [0.5, 0.6) is 0 Å². The van der Waals surface area contributed by atoms with Crippen LogP contribution in [0.1, 0.15) is 31.1 Å². The molecule has 0 unspecified atom stereocenters. The van der Waals surface area contributed by atoms with E-state index >= 15 is 0 Å². The zero-order chi connectivity index (χ0) is 21.5. The quantitative estimate of drug-likeness (QED) is 0.518. The van der Waals surface area contributed by atoms with E-state index in [9.17, 15) is 14.4 Å². The Hall–Kier alpha value is -4.26. The molecular formula is C23H20N4O3. The van der Waals surface area contributed by atoms with E-state index in [2.05, 4.69) is 10.3 Å².